The van der Waals surface area contributed by atoms with Crippen molar-refractivity contribution < 1.29 is 17.9 Å². The zero-order valence-electron chi connectivity index (χ0n) is 15.6. The number of carbonyl (C=O) groups excluding carboxylic acids is 1. The molecule has 2 heterocycles. The van der Waals surface area contributed by atoms with Crippen molar-refractivity contribution in [2.45, 2.75) is 24.7 Å². The average Bonchev–Trinajstić information content (AvgIpc) is 2.67. The normalized spacial score (nSPS) is 20.5. The second-order valence-electron chi connectivity index (χ2n) is 7.29. The topological polar surface area (TPSA) is 87.7 Å². The highest BCUT2D eigenvalue weighted by Gasteiger charge is 2.29. The van der Waals surface area contributed by atoms with Crippen molar-refractivity contribution in [3.63, 3.8) is 0 Å². The van der Waals surface area contributed by atoms with Crippen molar-refractivity contribution in [2.24, 2.45) is 5.41 Å². The van der Waals surface area contributed by atoms with Gasteiger partial charge in [-0.05, 0) is 49.5 Å². The van der Waals surface area contributed by atoms with Gasteiger partial charge in [0.25, 0.3) is 5.91 Å². The Bertz CT molecular complexity index is 745. The first-order chi connectivity index (χ1) is 12.4. The summed E-state index contributed by atoms with van der Waals surface area (Å²) in [6.45, 7) is 6.15. The lowest BCUT2D eigenvalue weighted by molar-refractivity contribution is 0.0730. The zero-order chi connectivity index (χ0) is 18.6. The van der Waals surface area contributed by atoms with Crippen LogP contribution in [0.15, 0.2) is 29.2 Å². The standard InChI is InChI=1S/C18H27N3O4S.ClH/c1-18(5-7-19-8-6-18)14-20-17(22)15-3-2-4-16(13-15)26(23,24)21-9-11-25-12-10-21;/h2-4,13,19H,5-12,14H2,1H3,(H,20,22);1H. The molecule has 0 aromatic heterocycles. The van der Waals surface area contributed by atoms with E-state index in [0.29, 0.717) is 38.4 Å². The fourth-order valence-electron chi connectivity index (χ4n) is 3.34. The van der Waals surface area contributed by atoms with Gasteiger partial charge in [-0.25, -0.2) is 8.42 Å². The van der Waals surface area contributed by atoms with Gasteiger partial charge in [0.05, 0.1) is 18.1 Å². The van der Waals surface area contributed by atoms with E-state index >= 15 is 0 Å². The van der Waals surface area contributed by atoms with Gasteiger partial charge >= 0.3 is 0 Å². The summed E-state index contributed by atoms with van der Waals surface area (Å²) in [4.78, 5) is 12.7. The van der Waals surface area contributed by atoms with Crippen molar-refractivity contribution >= 4 is 28.3 Å². The number of morpholine rings is 1. The molecule has 152 valence electrons. The number of benzene rings is 1. The van der Waals surface area contributed by atoms with Crippen LogP contribution in [0.3, 0.4) is 0 Å². The zero-order valence-corrected chi connectivity index (χ0v) is 17.2. The van der Waals surface area contributed by atoms with Gasteiger partial charge in [-0.2, -0.15) is 4.31 Å². The molecule has 0 radical (unpaired) electrons. The van der Waals surface area contributed by atoms with E-state index < -0.39 is 10.0 Å². The van der Waals surface area contributed by atoms with Crippen molar-refractivity contribution in [1.82, 2.24) is 14.9 Å². The summed E-state index contributed by atoms with van der Waals surface area (Å²) in [5, 5.41) is 6.29. The first kappa shape index (κ1) is 22.1. The van der Waals surface area contributed by atoms with Gasteiger partial charge in [-0.15, -0.1) is 12.4 Å². The molecule has 2 N–H and O–H groups in total. The third-order valence-electron chi connectivity index (χ3n) is 5.19. The van der Waals surface area contributed by atoms with Crippen LogP contribution in [-0.2, 0) is 14.8 Å². The highest BCUT2D eigenvalue weighted by molar-refractivity contribution is 7.89. The second-order valence-corrected chi connectivity index (χ2v) is 9.23. The Labute approximate surface area is 167 Å². The molecule has 2 aliphatic rings. The first-order valence-corrected chi connectivity index (χ1v) is 10.5. The summed E-state index contributed by atoms with van der Waals surface area (Å²) in [6.07, 6.45) is 2.03. The quantitative estimate of drug-likeness (QED) is 0.752. The van der Waals surface area contributed by atoms with Crippen LogP contribution in [0.25, 0.3) is 0 Å². The third-order valence-corrected chi connectivity index (χ3v) is 7.09. The lowest BCUT2D eigenvalue weighted by Gasteiger charge is -2.34. The van der Waals surface area contributed by atoms with E-state index in [1.165, 1.54) is 16.4 Å². The van der Waals surface area contributed by atoms with Crippen LogP contribution < -0.4 is 10.6 Å². The number of piperidine rings is 1. The van der Waals surface area contributed by atoms with E-state index in [9.17, 15) is 13.2 Å². The fraction of sp³-hybridized carbons (Fsp3) is 0.611. The van der Waals surface area contributed by atoms with Crippen molar-refractivity contribution in [3.8, 4) is 0 Å². The molecule has 9 heteroatoms. The highest BCUT2D eigenvalue weighted by Crippen LogP contribution is 2.27. The van der Waals surface area contributed by atoms with Crippen molar-refractivity contribution in [3.05, 3.63) is 29.8 Å². The summed E-state index contributed by atoms with van der Waals surface area (Å²) < 4.78 is 32.1. The van der Waals surface area contributed by atoms with Crippen LogP contribution >= 0.6 is 12.4 Å². The van der Waals surface area contributed by atoms with Gasteiger partial charge in [0.1, 0.15) is 0 Å². The maximum absolute atomic E-state index is 12.7. The summed E-state index contributed by atoms with van der Waals surface area (Å²) in [6, 6.07) is 6.27. The minimum atomic E-state index is -3.60. The van der Waals surface area contributed by atoms with E-state index in [4.69, 9.17) is 4.74 Å². The van der Waals surface area contributed by atoms with Gasteiger partial charge in [-0.3, -0.25) is 4.79 Å². The van der Waals surface area contributed by atoms with Crippen LogP contribution in [0.5, 0.6) is 0 Å². The van der Waals surface area contributed by atoms with Gasteiger partial charge in [0, 0.05) is 25.2 Å². The van der Waals surface area contributed by atoms with E-state index in [-0.39, 0.29) is 28.6 Å². The van der Waals surface area contributed by atoms with E-state index in [1.807, 2.05) is 0 Å². The maximum Gasteiger partial charge on any atom is 0.251 e. The summed E-state index contributed by atoms with van der Waals surface area (Å²) in [7, 11) is -3.60. The molecule has 2 saturated heterocycles. The van der Waals surface area contributed by atoms with Gasteiger partial charge in [0.15, 0.2) is 0 Å². The molecule has 0 saturated carbocycles. The number of sulfonamides is 1. The Kier molecular flexibility index (Phi) is 7.64. The molecule has 0 spiro atoms. The number of halogens is 1. The summed E-state index contributed by atoms with van der Waals surface area (Å²) in [5.74, 6) is -0.233. The molecule has 0 aliphatic carbocycles. The van der Waals surface area contributed by atoms with Crippen LogP contribution in [0.1, 0.15) is 30.1 Å². The van der Waals surface area contributed by atoms with Crippen LogP contribution in [0.2, 0.25) is 0 Å². The molecule has 27 heavy (non-hydrogen) atoms. The molecular weight excluding hydrogens is 390 g/mol. The number of rotatable bonds is 5. The molecule has 7 nitrogen and oxygen atoms in total. The van der Waals surface area contributed by atoms with Crippen molar-refractivity contribution in [2.75, 3.05) is 45.9 Å². The largest absolute Gasteiger partial charge is 0.379 e. The minimum absolute atomic E-state index is 0. The minimum Gasteiger partial charge on any atom is -0.379 e. The van der Waals surface area contributed by atoms with E-state index in [2.05, 4.69) is 17.6 Å². The Balaban J connectivity index is 0.00000261. The molecule has 0 unspecified atom stereocenters. The predicted octanol–water partition coefficient (Wildman–Crippen LogP) is 1.25. The smallest absolute Gasteiger partial charge is 0.251 e. The van der Waals surface area contributed by atoms with Crippen LogP contribution in [0.4, 0.5) is 0 Å². The Hall–Kier alpha value is -1.19. The van der Waals surface area contributed by atoms with Gasteiger partial charge in [-0.1, -0.05) is 13.0 Å². The number of hydrogen-bond acceptors (Lipinski definition) is 5. The Morgan fingerprint density at radius 3 is 2.59 bits per heavy atom. The van der Waals surface area contributed by atoms with Crippen molar-refractivity contribution in [1.29, 1.82) is 0 Å². The molecular formula is C18H28ClN3O4S. The number of hydrogen-bond donors (Lipinski definition) is 2. The molecule has 3 rings (SSSR count). The molecule has 1 amide bonds. The SMILES string of the molecule is CC1(CNC(=O)c2cccc(S(=O)(=O)N3CCOCC3)c2)CCNCC1.Cl. The molecule has 2 aliphatic heterocycles. The number of carbonyl (C=O) groups is 1. The average molecular weight is 418 g/mol. The van der Waals surface area contributed by atoms with Crippen LogP contribution in [0, 0.1) is 5.41 Å². The third kappa shape index (κ3) is 5.42. The van der Waals surface area contributed by atoms with E-state index in [0.717, 1.165) is 25.9 Å². The first-order valence-electron chi connectivity index (χ1n) is 9.08. The molecule has 1 aromatic carbocycles. The lowest BCUT2D eigenvalue weighted by atomic mass is 9.81. The molecule has 0 bridgehead atoms. The van der Waals surface area contributed by atoms with Gasteiger partial charge in [0.2, 0.25) is 10.0 Å². The summed E-state index contributed by atoms with van der Waals surface area (Å²) >= 11 is 0. The lowest BCUT2D eigenvalue weighted by Crippen LogP contribution is -2.43. The monoisotopic (exact) mass is 417 g/mol. The number of amides is 1. The highest BCUT2D eigenvalue weighted by atomic mass is 35.5. The number of nitrogens with one attached hydrogen (secondary N) is 2. The van der Waals surface area contributed by atoms with Gasteiger partial charge < -0.3 is 15.4 Å². The molecule has 2 fully saturated rings. The Morgan fingerprint density at radius 1 is 1.26 bits per heavy atom. The van der Waals surface area contributed by atoms with E-state index in [1.54, 1.807) is 12.1 Å². The second kappa shape index (κ2) is 9.34. The summed E-state index contributed by atoms with van der Waals surface area (Å²) in [5.41, 5.74) is 0.454. The molecule has 0 atom stereocenters. The number of nitrogens with zero attached hydrogens (tertiary/aromatic N) is 1. The van der Waals surface area contributed by atoms with Crippen LogP contribution in [-0.4, -0.2) is 64.6 Å². The Morgan fingerprint density at radius 2 is 1.93 bits per heavy atom. The fourth-order valence-corrected chi connectivity index (χ4v) is 4.79. The maximum atomic E-state index is 12.7. The molecule has 1 aromatic rings. The number of ether oxygens (including phenoxy) is 1. The predicted molar refractivity (Wildman–Crippen MR) is 106 cm³/mol.